The summed E-state index contributed by atoms with van der Waals surface area (Å²) in [5, 5.41) is 5.83. The first-order chi connectivity index (χ1) is 12.2. The number of hydrogen-bond acceptors (Lipinski definition) is 5. The summed E-state index contributed by atoms with van der Waals surface area (Å²) in [6.45, 7) is 2.85. The standard InChI is InChI=1S/C18H23N5O2/c1-25-17-16(3-2-8-20-17)22-18(24)21-15-6-11-23(12-7-15)13-14-4-9-19-10-5-14/h2-5,8-10,15H,6-7,11-13H2,1H3,(H2,21,22,24). The molecule has 1 aliphatic heterocycles. The molecule has 1 aliphatic rings. The Bertz CT molecular complexity index is 687. The number of methoxy groups -OCH3 is 1. The van der Waals surface area contributed by atoms with Crippen LogP contribution in [0, 0.1) is 0 Å². The average Bonchev–Trinajstić information content (AvgIpc) is 2.64. The third kappa shape index (κ3) is 4.90. The van der Waals surface area contributed by atoms with Gasteiger partial charge < -0.3 is 15.4 Å². The lowest BCUT2D eigenvalue weighted by molar-refractivity contribution is 0.190. The SMILES string of the molecule is COc1ncccc1NC(=O)NC1CCN(Cc2ccncc2)CC1. The maximum atomic E-state index is 12.2. The van der Waals surface area contributed by atoms with E-state index in [4.69, 9.17) is 4.74 Å². The highest BCUT2D eigenvalue weighted by Gasteiger charge is 2.21. The van der Waals surface area contributed by atoms with Crippen LogP contribution in [0.15, 0.2) is 42.9 Å². The van der Waals surface area contributed by atoms with Gasteiger partial charge in [-0.15, -0.1) is 0 Å². The van der Waals surface area contributed by atoms with Gasteiger partial charge in [-0.2, -0.15) is 0 Å². The van der Waals surface area contributed by atoms with E-state index >= 15 is 0 Å². The molecule has 1 fully saturated rings. The zero-order valence-electron chi connectivity index (χ0n) is 14.3. The number of nitrogens with zero attached hydrogens (tertiary/aromatic N) is 3. The molecule has 0 atom stereocenters. The quantitative estimate of drug-likeness (QED) is 0.872. The summed E-state index contributed by atoms with van der Waals surface area (Å²) in [6.07, 6.45) is 7.13. The van der Waals surface area contributed by atoms with Crippen LogP contribution in [0.5, 0.6) is 5.88 Å². The van der Waals surface area contributed by atoms with Crippen molar-refractivity contribution in [1.82, 2.24) is 20.2 Å². The number of amides is 2. The van der Waals surface area contributed by atoms with E-state index in [1.165, 1.54) is 12.7 Å². The molecule has 0 aromatic carbocycles. The second-order valence-corrected chi connectivity index (χ2v) is 6.06. The van der Waals surface area contributed by atoms with Gasteiger partial charge in [0, 0.05) is 44.3 Å². The number of urea groups is 1. The molecule has 2 amide bonds. The minimum Gasteiger partial charge on any atom is -0.480 e. The number of hydrogen-bond donors (Lipinski definition) is 2. The molecule has 0 saturated carbocycles. The fraction of sp³-hybridized carbons (Fsp3) is 0.389. The highest BCUT2D eigenvalue weighted by Crippen LogP contribution is 2.20. The molecule has 0 unspecified atom stereocenters. The van der Waals surface area contributed by atoms with Crippen LogP contribution in [-0.4, -0.2) is 47.1 Å². The highest BCUT2D eigenvalue weighted by molar-refractivity contribution is 5.90. The van der Waals surface area contributed by atoms with Gasteiger partial charge >= 0.3 is 6.03 Å². The molecule has 2 aromatic heterocycles. The van der Waals surface area contributed by atoms with Crippen LogP contribution in [-0.2, 0) is 6.54 Å². The first kappa shape index (κ1) is 17.2. The third-order valence-corrected chi connectivity index (χ3v) is 4.29. The summed E-state index contributed by atoms with van der Waals surface area (Å²) in [5.41, 5.74) is 1.83. The van der Waals surface area contributed by atoms with Crippen LogP contribution >= 0.6 is 0 Å². The number of carbonyl (C=O) groups is 1. The molecule has 7 heteroatoms. The van der Waals surface area contributed by atoms with E-state index in [2.05, 4.69) is 25.5 Å². The predicted molar refractivity (Wildman–Crippen MR) is 95.5 cm³/mol. The van der Waals surface area contributed by atoms with Crippen LogP contribution in [0.25, 0.3) is 0 Å². The van der Waals surface area contributed by atoms with Gasteiger partial charge in [-0.25, -0.2) is 9.78 Å². The van der Waals surface area contributed by atoms with E-state index in [0.717, 1.165) is 32.5 Å². The molecule has 2 N–H and O–H groups in total. The van der Waals surface area contributed by atoms with E-state index in [9.17, 15) is 4.79 Å². The molecule has 25 heavy (non-hydrogen) atoms. The third-order valence-electron chi connectivity index (χ3n) is 4.29. The summed E-state index contributed by atoms with van der Waals surface area (Å²) >= 11 is 0. The first-order valence-corrected chi connectivity index (χ1v) is 8.42. The van der Waals surface area contributed by atoms with Crippen molar-refractivity contribution >= 4 is 11.7 Å². The van der Waals surface area contributed by atoms with Crippen molar-refractivity contribution in [3.05, 3.63) is 48.4 Å². The first-order valence-electron chi connectivity index (χ1n) is 8.42. The van der Waals surface area contributed by atoms with E-state index in [-0.39, 0.29) is 12.1 Å². The summed E-state index contributed by atoms with van der Waals surface area (Å²) < 4.78 is 5.14. The Labute approximate surface area is 147 Å². The maximum Gasteiger partial charge on any atom is 0.319 e. The highest BCUT2D eigenvalue weighted by atomic mass is 16.5. The number of piperidine rings is 1. The van der Waals surface area contributed by atoms with Crippen molar-refractivity contribution in [2.45, 2.75) is 25.4 Å². The Morgan fingerprint density at radius 3 is 2.72 bits per heavy atom. The summed E-state index contributed by atoms with van der Waals surface area (Å²) in [7, 11) is 1.53. The van der Waals surface area contributed by atoms with E-state index in [1.807, 2.05) is 24.5 Å². The Hall–Kier alpha value is -2.67. The predicted octanol–water partition coefficient (Wildman–Crippen LogP) is 2.27. The zero-order valence-corrected chi connectivity index (χ0v) is 14.3. The molecule has 132 valence electrons. The van der Waals surface area contributed by atoms with Crippen molar-refractivity contribution in [3.63, 3.8) is 0 Å². The Balaban J connectivity index is 1.45. The number of nitrogens with one attached hydrogen (secondary N) is 2. The second-order valence-electron chi connectivity index (χ2n) is 6.06. The number of carbonyl (C=O) groups excluding carboxylic acids is 1. The number of ether oxygens (including phenoxy) is 1. The van der Waals surface area contributed by atoms with Gasteiger partial charge in [0.15, 0.2) is 0 Å². The summed E-state index contributed by atoms with van der Waals surface area (Å²) in [6, 6.07) is 7.56. The number of anilines is 1. The topological polar surface area (TPSA) is 79.4 Å². The number of likely N-dealkylation sites (tertiary alicyclic amines) is 1. The van der Waals surface area contributed by atoms with Crippen molar-refractivity contribution in [2.24, 2.45) is 0 Å². The molecule has 0 bridgehead atoms. The van der Waals surface area contributed by atoms with Crippen molar-refractivity contribution in [1.29, 1.82) is 0 Å². The van der Waals surface area contributed by atoms with Crippen molar-refractivity contribution in [2.75, 3.05) is 25.5 Å². The normalized spacial score (nSPS) is 15.6. The lowest BCUT2D eigenvalue weighted by Crippen LogP contribution is -2.45. The molecule has 0 aliphatic carbocycles. The summed E-state index contributed by atoms with van der Waals surface area (Å²) in [4.78, 5) is 22.7. The molecule has 0 radical (unpaired) electrons. The van der Waals surface area contributed by atoms with Crippen LogP contribution in [0.3, 0.4) is 0 Å². The maximum absolute atomic E-state index is 12.2. The Morgan fingerprint density at radius 2 is 2.00 bits per heavy atom. The fourth-order valence-corrected chi connectivity index (χ4v) is 2.97. The molecule has 3 heterocycles. The van der Waals surface area contributed by atoms with Gasteiger partial charge in [-0.3, -0.25) is 9.88 Å². The largest absolute Gasteiger partial charge is 0.480 e. The van der Waals surface area contributed by atoms with Crippen molar-refractivity contribution in [3.8, 4) is 5.88 Å². The monoisotopic (exact) mass is 341 g/mol. The minimum absolute atomic E-state index is 0.177. The smallest absolute Gasteiger partial charge is 0.319 e. The number of rotatable bonds is 5. The summed E-state index contributed by atoms with van der Waals surface area (Å²) in [5.74, 6) is 0.407. The van der Waals surface area contributed by atoms with E-state index in [1.54, 1.807) is 18.3 Å². The van der Waals surface area contributed by atoms with E-state index < -0.39 is 0 Å². The van der Waals surface area contributed by atoms with Gasteiger partial charge in [0.05, 0.1) is 7.11 Å². The minimum atomic E-state index is -0.223. The molecular formula is C18H23N5O2. The van der Waals surface area contributed by atoms with Crippen LogP contribution in [0.1, 0.15) is 18.4 Å². The van der Waals surface area contributed by atoms with Crippen molar-refractivity contribution < 1.29 is 9.53 Å². The number of pyridine rings is 2. The van der Waals surface area contributed by atoms with E-state index in [0.29, 0.717) is 11.6 Å². The second kappa shape index (κ2) is 8.43. The molecule has 1 saturated heterocycles. The van der Waals surface area contributed by atoms with Gasteiger partial charge in [0.25, 0.3) is 0 Å². The van der Waals surface area contributed by atoms with Crippen LogP contribution in [0.4, 0.5) is 10.5 Å². The molecular weight excluding hydrogens is 318 g/mol. The van der Waals surface area contributed by atoms with Gasteiger partial charge in [0.1, 0.15) is 5.69 Å². The lowest BCUT2D eigenvalue weighted by Gasteiger charge is -2.32. The molecule has 2 aromatic rings. The van der Waals surface area contributed by atoms with Gasteiger partial charge in [-0.1, -0.05) is 0 Å². The lowest BCUT2D eigenvalue weighted by atomic mass is 10.0. The van der Waals surface area contributed by atoms with Crippen LogP contribution in [0.2, 0.25) is 0 Å². The Kier molecular flexibility index (Phi) is 5.79. The fourth-order valence-electron chi connectivity index (χ4n) is 2.97. The van der Waals surface area contributed by atoms with Gasteiger partial charge in [-0.05, 0) is 42.7 Å². The molecule has 3 rings (SSSR count). The Morgan fingerprint density at radius 1 is 1.24 bits per heavy atom. The van der Waals surface area contributed by atoms with Gasteiger partial charge in [0.2, 0.25) is 5.88 Å². The average molecular weight is 341 g/mol. The molecule has 0 spiro atoms. The zero-order chi connectivity index (χ0) is 17.5. The van der Waals surface area contributed by atoms with Crippen LogP contribution < -0.4 is 15.4 Å². The molecule has 7 nitrogen and oxygen atoms in total. The number of aromatic nitrogens is 2.